The van der Waals surface area contributed by atoms with Crippen molar-refractivity contribution in [3.05, 3.63) is 105 Å². The summed E-state index contributed by atoms with van der Waals surface area (Å²) < 4.78 is 10.6. The fourth-order valence-corrected chi connectivity index (χ4v) is 3.14. The van der Waals surface area contributed by atoms with Gasteiger partial charge in [-0.05, 0) is 35.9 Å². The van der Waals surface area contributed by atoms with Crippen molar-refractivity contribution in [3.63, 3.8) is 0 Å². The Balaban J connectivity index is 1.74. The van der Waals surface area contributed by atoms with Crippen LogP contribution >= 0.6 is 11.6 Å². The van der Waals surface area contributed by atoms with Crippen molar-refractivity contribution in [2.75, 3.05) is 11.9 Å². The van der Waals surface area contributed by atoms with Gasteiger partial charge in [-0.3, -0.25) is 14.9 Å². The zero-order valence-electron chi connectivity index (χ0n) is 18.1. The molecule has 1 N–H and O–H groups in total. The molecule has 176 valence electrons. The second kappa shape index (κ2) is 12.0. The summed E-state index contributed by atoms with van der Waals surface area (Å²) in [5.74, 6) is -0.969. The van der Waals surface area contributed by atoms with E-state index >= 15 is 0 Å². The number of ether oxygens (including phenoxy) is 2. The molecule has 0 aliphatic heterocycles. The Morgan fingerprint density at radius 3 is 2.49 bits per heavy atom. The van der Waals surface area contributed by atoms with Crippen LogP contribution < -0.4 is 10.1 Å². The molecule has 3 aromatic carbocycles. The van der Waals surface area contributed by atoms with E-state index in [1.807, 2.05) is 6.07 Å². The lowest BCUT2D eigenvalue weighted by atomic mass is 10.1. The average molecular weight is 492 g/mol. The van der Waals surface area contributed by atoms with Crippen LogP contribution in [0.2, 0.25) is 5.02 Å². The molecule has 0 fully saturated rings. The third-order valence-electron chi connectivity index (χ3n) is 4.58. The van der Waals surface area contributed by atoms with Crippen molar-refractivity contribution in [3.8, 4) is 11.8 Å². The number of benzene rings is 3. The molecule has 35 heavy (non-hydrogen) atoms. The van der Waals surface area contributed by atoms with Crippen molar-refractivity contribution < 1.29 is 24.0 Å². The predicted octanol–water partition coefficient (Wildman–Crippen LogP) is 5.09. The number of nitro benzene ring substituents is 1. The van der Waals surface area contributed by atoms with Crippen LogP contribution in [0.3, 0.4) is 0 Å². The van der Waals surface area contributed by atoms with E-state index in [2.05, 4.69) is 5.32 Å². The average Bonchev–Trinajstić information content (AvgIpc) is 2.86. The van der Waals surface area contributed by atoms with E-state index in [0.717, 1.165) is 6.07 Å². The number of nitrogens with one attached hydrogen (secondary N) is 1. The molecule has 0 radical (unpaired) electrons. The maximum absolute atomic E-state index is 13.0. The van der Waals surface area contributed by atoms with Crippen molar-refractivity contribution in [1.82, 2.24) is 0 Å². The summed E-state index contributed by atoms with van der Waals surface area (Å²) in [6.45, 7) is -0.0756. The smallest absolute Gasteiger partial charge is 0.331 e. The molecule has 1 amide bonds. The summed E-state index contributed by atoms with van der Waals surface area (Å²) in [6.07, 6.45) is 1.35. The topological polar surface area (TPSA) is 132 Å². The van der Waals surface area contributed by atoms with Crippen molar-refractivity contribution >= 4 is 40.9 Å². The summed E-state index contributed by atoms with van der Waals surface area (Å²) in [6, 6.07) is 20.7. The van der Waals surface area contributed by atoms with Gasteiger partial charge in [-0.2, -0.15) is 5.26 Å². The lowest BCUT2D eigenvalue weighted by molar-refractivity contribution is -0.384. The van der Waals surface area contributed by atoms with Gasteiger partial charge in [-0.1, -0.05) is 54.1 Å². The fraction of sp³-hybridized carbons (Fsp3) is 0.0800. The predicted molar refractivity (Wildman–Crippen MR) is 129 cm³/mol. The summed E-state index contributed by atoms with van der Waals surface area (Å²) in [4.78, 5) is 35.9. The maximum atomic E-state index is 13.0. The van der Waals surface area contributed by atoms with Crippen molar-refractivity contribution in [2.24, 2.45) is 0 Å². The molecule has 0 spiro atoms. The molecule has 0 bridgehead atoms. The van der Waals surface area contributed by atoms with Gasteiger partial charge < -0.3 is 14.8 Å². The van der Waals surface area contributed by atoms with Gasteiger partial charge in [0.15, 0.2) is 6.61 Å². The number of carbonyl (C=O) groups excluding carboxylic acids is 2. The Bertz CT molecular complexity index is 1290. The van der Waals surface area contributed by atoms with Crippen LogP contribution in [0.25, 0.3) is 6.08 Å². The number of carbonyl (C=O) groups is 2. The molecular formula is C25H18ClN3O6. The van der Waals surface area contributed by atoms with E-state index in [4.69, 9.17) is 26.3 Å². The highest BCUT2D eigenvalue weighted by molar-refractivity contribution is 6.32. The normalized spacial score (nSPS) is 11.3. The first-order valence-electron chi connectivity index (χ1n) is 10.2. The number of nitro groups is 1. The van der Waals surface area contributed by atoms with Crippen molar-refractivity contribution in [2.45, 2.75) is 6.10 Å². The summed E-state index contributed by atoms with van der Waals surface area (Å²) in [7, 11) is 0. The molecule has 9 nitrogen and oxygen atoms in total. The number of esters is 1. The Morgan fingerprint density at radius 2 is 1.83 bits per heavy atom. The first-order valence-corrected chi connectivity index (χ1v) is 10.5. The number of anilines is 1. The summed E-state index contributed by atoms with van der Waals surface area (Å²) >= 11 is 5.82. The molecule has 1 unspecified atom stereocenters. The molecule has 0 aliphatic carbocycles. The molecule has 0 saturated carbocycles. The third-order valence-corrected chi connectivity index (χ3v) is 4.90. The highest BCUT2D eigenvalue weighted by Crippen LogP contribution is 2.28. The van der Waals surface area contributed by atoms with Crippen LogP contribution in [0.1, 0.15) is 17.2 Å². The van der Waals surface area contributed by atoms with E-state index in [9.17, 15) is 19.7 Å². The second-order valence-electron chi connectivity index (χ2n) is 6.99. The summed E-state index contributed by atoms with van der Waals surface area (Å²) in [5, 5.41) is 22.1. The standard InChI is InChI=1S/C25H18ClN3O6/c26-21-12-9-19(16-22(21)29(32)33)28-25(31)24(18-4-2-1-3-5-18)35-23(30)13-8-17-6-10-20(11-7-17)34-15-14-27/h1-13,16,24H,15H2,(H,28,31)/b13-8+. The molecule has 3 aromatic rings. The van der Waals surface area contributed by atoms with Crippen LogP contribution in [0, 0.1) is 21.4 Å². The zero-order valence-corrected chi connectivity index (χ0v) is 18.8. The molecular weight excluding hydrogens is 474 g/mol. The molecule has 10 heteroatoms. The Hall–Kier alpha value is -4.68. The van der Waals surface area contributed by atoms with Gasteiger partial charge in [-0.25, -0.2) is 4.79 Å². The third kappa shape index (κ3) is 7.15. The van der Waals surface area contributed by atoms with Crippen LogP contribution in [0.15, 0.2) is 78.9 Å². The number of hydrogen-bond acceptors (Lipinski definition) is 7. The number of nitrogens with zero attached hydrogens (tertiary/aromatic N) is 2. The minimum atomic E-state index is -1.31. The van der Waals surface area contributed by atoms with E-state index in [-0.39, 0.29) is 23.0 Å². The highest BCUT2D eigenvalue weighted by Gasteiger charge is 2.25. The molecule has 0 aliphatic rings. The zero-order chi connectivity index (χ0) is 25.2. The van der Waals surface area contributed by atoms with Gasteiger partial charge in [0, 0.05) is 23.4 Å². The SMILES string of the molecule is N#CCOc1ccc(/C=C/C(=O)OC(C(=O)Nc2ccc(Cl)c([N+](=O)[O-])c2)c2ccccc2)cc1. The minimum absolute atomic E-state index is 0.0752. The van der Waals surface area contributed by atoms with Crippen LogP contribution in [0.4, 0.5) is 11.4 Å². The Labute approximate surface area is 205 Å². The molecule has 1 atom stereocenters. The summed E-state index contributed by atoms with van der Waals surface area (Å²) in [5.41, 5.74) is 0.830. The van der Waals surface area contributed by atoms with Crippen LogP contribution in [0.5, 0.6) is 5.75 Å². The molecule has 0 aromatic heterocycles. The van der Waals surface area contributed by atoms with Crippen molar-refractivity contribution in [1.29, 1.82) is 5.26 Å². The number of rotatable bonds is 9. The van der Waals surface area contributed by atoms with Gasteiger partial charge in [-0.15, -0.1) is 0 Å². The first kappa shape index (κ1) is 25.0. The largest absolute Gasteiger partial charge is 0.479 e. The number of hydrogen-bond donors (Lipinski definition) is 1. The minimum Gasteiger partial charge on any atom is -0.479 e. The lowest BCUT2D eigenvalue weighted by Crippen LogP contribution is -2.25. The Kier molecular flexibility index (Phi) is 8.53. The van der Waals surface area contributed by atoms with E-state index < -0.39 is 22.9 Å². The maximum Gasteiger partial charge on any atom is 0.331 e. The van der Waals surface area contributed by atoms with E-state index in [1.54, 1.807) is 54.6 Å². The van der Waals surface area contributed by atoms with Gasteiger partial charge in [0.2, 0.25) is 6.10 Å². The molecule has 0 heterocycles. The molecule has 3 rings (SSSR count). The van der Waals surface area contributed by atoms with Gasteiger partial charge in [0.1, 0.15) is 16.8 Å². The number of halogens is 1. The number of amides is 1. The number of nitriles is 1. The Morgan fingerprint density at radius 1 is 1.11 bits per heavy atom. The fourth-order valence-electron chi connectivity index (χ4n) is 2.95. The second-order valence-corrected chi connectivity index (χ2v) is 7.40. The lowest BCUT2D eigenvalue weighted by Gasteiger charge is -2.17. The highest BCUT2D eigenvalue weighted by atomic mass is 35.5. The quantitative estimate of drug-likeness (QED) is 0.191. The monoisotopic (exact) mass is 491 g/mol. The van der Waals surface area contributed by atoms with Gasteiger partial charge in [0.25, 0.3) is 11.6 Å². The first-order chi connectivity index (χ1) is 16.9. The van der Waals surface area contributed by atoms with Gasteiger partial charge >= 0.3 is 5.97 Å². The van der Waals surface area contributed by atoms with Gasteiger partial charge in [0.05, 0.1) is 4.92 Å². The van der Waals surface area contributed by atoms with E-state index in [0.29, 0.717) is 16.9 Å². The van der Waals surface area contributed by atoms with Crippen LogP contribution in [-0.2, 0) is 14.3 Å². The van der Waals surface area contributed by atoms with E-state index in [1.165, 1.54) is 24.3 Å². The molecule has 0 saturated heterocycles. The van der Waals surface area contributed by atoms with Crippen LogP contribution in [-0.4, -0.2) is 23.4 Å².